The molecule has 1 aliphatic rings. The van der Waals surface area contributed by atoms with Crippen molar-refractivity contribution in [1.82, 2.24) is 24.0 Å². The van der Waals surface area contributed by atoms with Crippen LogP contribution >= 0.6 is 0 Å². The van der Waals surface area contributed by atoms with Crippen molar-refractivity contribution in [2.45, 2.75) is 27.3 Å². The predicted molar refractivity (Wildman–Crippen MR) is 104 cm³/mol. The minimum Gasteiger partial charge on any atom is -0.379 e. The molecule has 0 unspecified atom stereocenters. The Morgan fingerprint density at radius 2 is 1.89 bits per heavy atom. The van der Waals surface area contributed by atoms with E-state index in [1.165, 1.54) is 0 Å². The molecule has 7 heteroatoms. The molecule has 3 aromatic heterocycles. The summed E-state index contributed by atoms with van der Waals surface area (Å²) >= 11 is 0. The third-order valence-electron chi connectivity index (χ3n) is 5.40. The van der Waals surface area contributed by atoms with E-state index in [1.54, 1.807) is 6.33 Å². The van der Waals surface area contributed by atoms with Gasteiger partial charge in [-0.05, 0) is 38.5 Å². The Bertz CT molecular complexity index is 1030. The van der Waals surface area contributed by atoms with Gasteiger partial charge in [-0.2, -0.15) is 0 Å². The molecule has 0 aliphatic carbocycles. The lowest BCUT2D eigenvalue weighted by Crippen LogP contribution is -2.39. The van der Waals surface area contributed by atoms with Crippen molar-refractivity contribution in [3.63, 3.8) is 0 Å². The first-order valence-electron chi connectivity index (χ1n) is 9.42. The number of fused-ring (bicyclic) bond motifs is 1. The number of nitrogens with zero attached hydrogens (tertiary/aromatic N) is 5. The van der Waals surface area contributed by atoms with Crippen molar-refractivity contribution in [3.8, 4) is 5.82 Å². The second kappa shape index (κ2) is 7.25. The molecule has 0 aromatic carbocycles. The van der Waals surface area contributed by atoms with Crippen LogP contribution in [0.25, 0.3) is 16.9 Å². The molecule has 4 rings (SSSR count). The van der Waals surface area contributed by atoms with E-state index in [2.05, 4.69) is 28.3 Å². The average Bonchev–Trinajstić information content (AvgIpc) is 2.93. The Hall–Kier alpha value is -2.51. The van der Waals surface area contributed by atoms with Gasteiger partial charge in [0.05, 0.1) is 24.9 Å². The first-order valence-corrected chi connectivity index (χ1v) is 9.42. The summed E-state index contributed by atoms with van der Waals surface area (Å²) in [5.41, 5.74) is 4.45. The van der Waals surface area contributed by atoms with Crippen LogP contribution in [0.1, 0.15) is 17.0 Å². The molecule has 0 bridgehead atoms. The maximum atomic E-state index is 8.76. The molecular formula is C20H26N6O. The van der Waals surface area contributed by atoms with Crippen LogP contribution in [-0.4, -0.2) is 56.9 Å². The van der Waals surface area contributed by atoms with Crippen molar-refractivity contribution in [2.24, 2.45) is 0 Å². The van der Waals surface area contributed by atoms with Gasteiger partial charge in [0, 0.05) is 37.6 Å². The predicted octanol–water partition coefficient (Wildman–Crippen LogP) is 1.96. The van der Waals surface area contributed by atoms with Crippen molar-refractivity contribution < 1.29 is 4.74 Å². The fraction of sp³-hybridized carbons (Fsp3) is 0.450. The van der Waals surface area contributed by atoms with E-state index in [4.69, 9.17) is 15.1 Å². The Labute approximate surface area is 158 Å². The van der Waals surface area contributed by atoms with E-state index in [1.807, 2.05) is 29.7 Å². The first kappa shape index (κ1) is 17.9. The fourth-order valence-corrected chi connectivity index (χ4v) is 3.70. The zero-order valence-electron chi connectivity index (χ0n) is 16.2. The molecule has 142 valence electrons. The summed E-state index contributed by atoms with van der Waals surface area (Å²) in [4.78, 5) is 11.7. The Morgan fingerprint density at radius 3 is 2.63 bits per heavy atom. The van der Waals surface area contributed by atoms with Crippen LogP contribution in [0.4, 0.5) is 0 Å². The highest BCUT2D eigenvalue weighted by molar-refractivity contribution is 5.82. The van der Waals surface area contributed by atoms with Crippen LogP contribution in [0.3, 0.4) is 0 Å². The number of aryl methyl sites for hydroxylation is 2. The van der Waals surface area contributed by atoms with E-state index in [-0.39, 0.29) is 0 Å². The minimum atomic E-state index is 0.514. The molecule has 0 atom stereocenters. The fourth-order valence-electron chi connectivity index (χ4n) is 3.70. The second-order valence-electron chi connectivity index (χ2n) is 7.12. The van der Waals surface area contributed by atoms with E-state index >= 15 is 0 Å². The van der Waals surface area contributed by atoms with Crippen LogP contribution in [0.5, 0.6) is 0 Å². The Morgan fingerprint density at radius 1 is 1.11 bits per heavy atom. The molecule has 1 saturated heterocycles. The summed E-state index contributed by atoms with van der Waals surface area (Å²) in [6.07, 6.45) is 1.79. The summed E-state index contributed by atoms with van der Waals surface area (Å²) in [5.74, 6) is 0.851. The van der Waals surface area contributed by atoms with Gasteiger partial charge in [-0.25, -0.2) is 9.97 Å². The van der Waals surface area contributed by atoms with Gasteiger partial charge in [-0.3, -0.25) is 14.9 Å². The Kier molecular flexibility index (Phi) is 4.80. The number of morpholine rings is 1. The molecule has 4 heterocycles. The maximum absolute atomic E-state index is 8.76. The molecule has 0 saturated carbocycles. The van der Waals surface area contributed by atoms with E-state index in [0.29, 0.717) is 5.49 Å². The smallest absolute Gasteiger partial charge is 0.151 e. The highest BCUT2D eigenvalue weighted by Gasteiger charge is 2.17. The molecule has 3 aromatic rings. The van der Waals surface area contributed by atoms with Crippen LogP contribution in [0.15, 0.2) is 24.5 Å². The van der Waals surface area contributed by atoms with Gasteiger partial charge in [0.25, 0.3) is 0 Å². The summed E-state index contributed by atoms with van der Waals surface area (Å²) in [5, 5.41) is 9.66. The molecule has 0 radical (unpaired) electrons. The van der Waals surface area contributed by atoms with Crippen molar-refractivity contribution >= 4 is 11.0 Å². The zero-order chi connectivity index (χ0) is 19.0. The van der Waals surface area contributed by atoms with E-state index < -0.39 is 0 Å². The van der Waals surface area contributed by atoms with Crippen LogP contribution in [0, 0.1) is 26.2 Å². The maximum Gasteiger partial charge on any atom is 0.151 e. The largest absolute Gasteiger partial charge is 0.379 e. The first-order chi connectivity index (χ1) is 13.1. The van der Waals surface area contributed by atoms with Crippen molar-refractivity contribution in [2.75, 3.05) is 32.8 Å². The normalized spacial score (nSPS) is 15.5. The number of aromatic nitrogens is 4. The van der Waals surface area contributed by atoms with Gasteiger partial charge in [0.2, 0.25) is 0 Å². The number of pyridine rings is 1. The summed E-state index contributed by atoms with van der Waals surface area (Å²) in [6, 6.07) is 5.98. The molecule has 1 N–H and O–H groups in total. The molecular weight excluding hydrogens is 340 g/mol. The molecule has 0 amide bonds. The minimum absolute atomic E-state index is 0.514. The van der Waals surface area contributed by atoms with Gasteiger partial charge in [-0.15, -0.1) is 0 Å². The Balaban J connectivity index is 1.73. The second-order valence-corrected chi connectivity index (χ2v) is 7.12. The third kappa shape index (κ3) is 3.28. The van der Waals surface area contributed by atoms with Crippen LogP contribution < -0.4 is 5.49 Å². The third-order valence-corrected chi connectivity index (χ3v) is 5.40. The summed E-state index contributed by atoms with van der Waals surface area (Å²) in [6.45, 7) is 11.3. The zero-order valence-corrected chi connectivity index (χ0v) is 16.2. The summed E-state index contributed by atoms with van der Waals surface area (Å²) < 4.78 is 9.41. The molecule has 27 heavy (non-hydrogen) atoms. The lowest BCUT2D eigenvalue weighted by atomic mass is 10.2. The lowest BCUT2D eigenvalue weighted by molar-refractivity contribution is 0.0362. The lowest BCUT2D eigenvalue weighted by Gasteiger charge is -2.26. The van der Waals surface area contributed by atoms with Gasteiger partial charge in [-0.1, -0.05) is 6.07 Å². The molecule has 7 nitrogen and oxygen atoms in total. The standard InChI is InChI=1S/C20H26N6O/c1-14-5-4-6-17(23-14)26-16(3)15(2)18-19(21)25(13-22-20(18)26)8-7-24-9-11-27-12-10-24/h4-6,13,21H,7-12H2,1-3H3. The van der Waals surface area contributed by atoms with Gasteiger partial charge < -0.3 is 9.30 Å². The number of hydrogen-bond acceptors (Lipinski definition) is 5. The SMILES string of the molecule is Cc1cccc(-n2c(C)c(C)c3c(=N)n(CCN4CCOCC4)cnc32)n1. The van der Waals surface area contributed by atoms with Crippen molar-refractivity contribution in [1.29, 1.82) is 5.41 Å². The number of hydrogen-bond donors (Lipinski definition) is 1. The molecule has 1 fully saturated rings. The number of nitrogens with one attached hydrogen (secondary N) is 1. The number of ether oxygens (including phenoxy) is 1. The number of rotatable bonds is 4. The van der Waals surface area contributed by atoms with Crippen molar-refractivity contribution in [3.05, 3.63) is 47.0 Å². The topological polar surface area (TPSA) is 72.0 Å². The van der Waals surface area contributed by atoms with Gasteiger partial charge in [0.15, 0.2) is 5.65 Å². The molecule has 0 spiro atoms. The quantitative estimate of drug-likeness (QED) is 0.766. The highest BCUT2D eigenvalue weighted by Crippen LogP contribution is 2.24. The monoisotopic (exact) mass is 366 g/mol. The summed E-state index contributed by atoms with van der Waals surface area (Å²) in [7, 11) is 0. The van der Waals surface area contributed by atoms with Gasteiger partial charge in [0.1, 0.15) is 11.3 Å². The average molecular weight is 366 g/mol. The van der Waals surface area contributed by atoms with E-state index in [9.17, 15) is 0 Å². The van der Waals surface area contributed by atoms with Crippen LogP contribution in [0.2, 0.25) is 0 Å². The van der Waals surface area contributed by atoms with Crippen LogP contribution in [-0.2, 0) is 11.3 Å². The van der Waals surface area contributed by atoms with E-state index in [0.717, 1.165) is 73.2 Å². The highest BCUT2D eigenvalue weighted by atomic mass is 16.5. The molecule has 1 aliphatic heterocycles. The van der Waals surface area contributed by atoms with Gasteiger partial charge >= 0.3 is 0 Å².